The van der Waals surface area contributed by atoms with Crippen LogP contribution in [0.25, 0.3) is 0 Å². The van der Waals surface area contributed by atoms with Crippen molar-refractivity contribution in [2.75, 3.05) is 13.1 Å². The fourth-order valence-corrected chi connectivity index (χ4v) is 2.91. The lowest BCUT2D eigenvalue weighted by Gasteiger charge is -2.29. The maximum Gasteiger partial charge on any atom is 0.127 e. The normalized spacial score (nSPS) is 27.6. The number of aryl methyl sites for hydroxylation is 2. The molecule has 1 fully saturated rings. The van der Waals surface area contributed by atoms with Gasteiger partial charge in [-0.25, -0.2) is 0 Å². The zero-order valence-electron chi connectivity index (χ0n) is 10.7. The number of ether oxygens (including phenoxy) is 1. The molecule has 1 saturated heterocycles. The second-order valence-corrected chi connectivity index (χ2v) is 5.35. The molecule has 18 heavy (non-hydrogen) atoms. The van der Waals surface area contributed by atoms with Crippen LogP contribution in [0.3, 0.4) is 0 Å². The van der Waals surface area contributed by atoms with Crippen molar-refractivity contribution < 1.29 is 9.84 Å². The summed E-state index contributed by atoms with van der Waals surface area (Å²) in [6.07, 6.45) is 5.38. The molecule has 0 bridgehead atoms. The summed E-state index contributed by atoms with van der Waals surface area (Å²) in [6, 6.07) is 6.42. The molecule has 0 saturated carbocycles. The van der Waals surface area contributed by atoms with Crippen molar-refractivity contribution in [1.82, 2.24) is 5.32 Å². The predicted octanol–water partition coefficient (Wildman–Crippen LogP) is 1.67. The molecule has 0 radical (unpaired) electrons. The Kier molecular flexibility index (Phi) is 3.52. The Bertz CT molecular complexity index is 419. The van der Waals surface area contributed by atoms with Gasteiger partial charge in [-0.1, -0.05) is 6.07 Å². The summed E-state index contributed by atoms with van der Waals surface area (Å²) < 4.78 is 5.94. The fourth-order valence-electron chi connectivity index (χ4n) is 2.91. The van der Waals surface area contributed by atoms with Crippen molar-refractivity contribution in [3.63, 3.8) is 0 Å². The first-order chi connectivity index (χ1) is 8.83. The third-order valence-electron chi connectivity index (χ3n) is 4.00. The van der Waals surface area contributed by atoms with Gasteiger partial charge in [-0.3, -0.25) is 0 Å². The van der Waals surface area contributed by atoms with Crippen LogP contribution in [0.1, 0.15) is 30.4 Å². The van der Waals surface area contributed by atoms with Crippen LogP contribution in [0.5, 0.6) is 5.75 Å². The maximum atomic E-state index is 9.88. The second-order valence-electron chi connectivity index (χ2n) is 5.35. The Hall–Kier alpha value is -1.06. The molecule has 3 nitrogen and oxygen atoms in total. The molecule has 3 rings (SSSR count). The predicted molar refractivity (Wildman–Crippen MR) is 71.0 cm³/mol. The highest BCUT2D eigenvalue weighted by atomic mass is 16.5. The lowest BCUT2D eigenvalue weighted by Crippen LogP contribution is -2.46. The van der Waals surface area contributed by atoms with Crippen LogP contribution < -0.4 is 10.1 Å². The first-order valence-corrected chi connectivity index (χ1v) is 7.00. The number of hydrogen-bond acceptors (Lipinski definition) is 3. The number of hydrogen-bond donors (Lipinski definition) is 2. The average Bonchev–Trinajstić information content (AvgIpc) is 2.41. The van der Waals surface area contributed by atoms with E-state index in [1.165, 1.54) is 36.8 Å². The summed E-state index contributed by atoms with van der Waals surface area (Å²) in [5.74, 6) is 0.918. The fraction of sp³-hybridized carbons (Fsp3) is 0.600. The summed E-state index contributed by atoms with van der Waals surface area (Å²) in [4.78, 5) is 0. The van der Waals surface area contributed by atoms with E-state index in [9.17, 15) is 5.11 Å². The maximum absolute atomic E-state index is 9.88. The van der Waals surface area contributed by atoms with Gasteiger partial charge in [0, 0.05) is 6.54 Å². The van der Waals surface area contributed by atoms with E-state index in [0.29, 0.717) is 6.54 Å². The number of piperidine rings is 1. The first-order valence-electron chi connectivity index (χ1n) is 7.00. The minimum atomic E-state index is -0.394. The van der Waals surface area contributed by atoms with Gasteiger partial charge in [0.1, 0.15) is 18.0 Å². The molecule has 3 heteroatoms. The molecule has 0 amide bonds. The number of rotatable bonds is 2. The molecule has 1 heterocycles. The van der Waals surface area contributed by atoms with E-state index >= 15 is 0 Å². The average molecular weight is 247 g/mol. The number of fused-ring (bicyclic) bond motifs is 1. The van der Waals surface area contributed by atoms with Gasteiger partial charge < -0.3 is 15.2 Å². The van der Waals surface area contributed by atoms with E-state index in [4.69, 9.17) is 4.74 Å². The lowest BCUT2D eigenvalue weighted by atomic mass is 9.92. The third kappa shape index (κ3) is 2.52. The molecular formula is C15H21NO2. The zero-order valence-corrected chi connectivity index (χ0v) is 10.7. The minimum absolute atomic E-state index is 0.0621. The quantitative estimate of drug-likeness (QED) is 0.835. The van der Waals surface area contributed by atoms with Crippen LogP contribution >= 0.6 is 0 Å². The Balaban J connectivity index is 1.72. The van der Waals surface area contributed by atoms with Crippen LogP contribution in [0.2, 0.25) is 0 Å². The lowest BCUT2D eigenvalue weighted by molar-refractivity contribution is 0.0162. The van der Waals surface area contributed by atoms with E-state index < -0.39 is 6.10 Å². The van der Waals surface area contributed by atoms with Crippen LogP contribution in [0.15, 0.2) is 18.2 Å². The van der Waals surface area contributed by atoms with Gasteiger partial charge in [-0.2, -0.15) is 0 Å². The molecule has 1 aliphatic carbocycles. The van der Waals surface area contributed by atoms with Crippen LogP contribution in [0, 0.1) is 0 Å². The first kappa shape index (κ1) is 12.0. The minimum Gasteiger partial charge on any atom is -0.488 e. The van der Waals surface area contributed by atoms with E-state index in [2.05, 4.69) is 23.5 Å². The van der Waals surface area contributed by atoms with Crippen molar-refractivity contribution in [1.29, 1.82) is 0 Å². The smallest absolute Gasteiger partial charge is 0.127 e. The number of nitrogens with one attached hydrogen (secondary N) is 1. The molecule has 2 N–H and O–H groups in total. The standard InChI is InChI=1S/C15H21NO2/c17-14-10-16-8-7-15(14)18-13-6-5-11-3-1-2-4-12(11)9-13/h5-6,9,14-17H,1-4,7-8,10H2. The molecular weight excluding hydrogens is 226 g/mol. The molecule has 98 valence electrons. The van der Waals surface area contributed by atoms with Gasteiger partial charge >= 0.3 is 0 Å². The monoisotopic (exact) mass is 247 g/mol. The highest BCUT2D eigenvalue weighted by Gasteiger charge is 2.24. The molecule has 1 aromatic rings. The topological polar surface area (TPSA) is 41.5 Å². The van der Waals surface area contributed by atoms with E-state index in [0.717, 1.165) is 18.7 Å². The Morgan fingerprint density at radius 1 is 1.17 bits per heavy atom. The highest BCUT2D eigenvalue weighted by molar-refractivity contribution is 5.37. The second kappa shape index (κ2) is 5.29. The van der Waals surface area contributed by atoms with Gasteiger partial charge in [0.05, 0.1) is 0 Å². The molecule has 0 aromatic heterocycles. The van der Waals surface area contributed by atoms with Gasteiger partial charge in [-0.05, 0) is 61.9 Å². The molecule has 0 spiro atoms. The van der Waals surface area contributed by atoms with E-state index in [-0.39, 0.29) is 6.10 Å². The Morgan fingerprint density at radius 2 is 2.00 bits per heavy atom. The van der Waals surface area contributed by atoms with Crippen LogP contribution in [0.4, 0.5) is 0 Å². The summed E-state index contributed by atoms with van der Waals surface area (Å²) in [7, 11) is 0. The molecule has 1 aromatic carbocycles. The summed E-state index contributed by atoms with van der Waals surface area (Å²) in [5.41, 5.74) is 2.90. The summed E-state index contributed by atoms with van der Waals surface area (Å²) in [6.45, 7) is 1.56. The van der Waals surface area contributed by atoms with Gasteiger partial charge in [0.2, 0.25) is 0 Å². The number of β-amino-alcohol motifs (C(OH)–C–C–N with tert-alkyl or cyclic N) is 1. The van der Waals surface area contributed by atoms with Crippen LogP contribution in [-0.2, 0) is 12.8 Å². The zero-order chi connectivity index (χ0) is 12.4. The third-order valence-corrected chi connectivity index (χ3v) is 4.00. The van der Waals surface area contributed by atoms with Crippen molar-refractivity contribution in [2.24, 2.45) is 0 Å². The Labute approximate surface area is 108 Å². The van der Waals surface area contributed by atoms with Crippen molar-refractivity contribution >= 4 is 0 Å². The molecule has 2 aliphatic rings. The van der Waals surface area contributed by atoms with E-state index in [1.54, 1.807) is 0 Å². The molecule has 2 atom stereocenters. The van der Waals surface area contributed by atoms with Gasteiger partial charge in [0.25, 0.3) is 0 Å². The van der Waals surface area contributed by atoms with Crippen molar-refractivity contribution in [2.45, 2.75) is 44.3 Å². The summed E-state index contributed by atoms with van der Waals surface area (Å²) >= 11 is 0. The molecule has 2 unspecified atom stereocenters. The molecule has 1 aliphatic heterocycles. The van der Waals surface area contributed by atoms with E-state index in [1.807, 2.05) is 0 Å². The van der Waals surface area contributed by atoms with Crippen molar-refractivity contribution in [3.05, 3.63) is 29.3 Å². The number of aliphatic hydroxyl groups excluding tert-OH is 1. The number of benzene rings is 1. The van der Waals surface area contributed by atoms with Crippen molar-refractivity contribution in [3.8, 4) is 5.75 Å². The summed E-state index contributed by atoms with van der Waals surface area (Å²) in [5, 5.41) is 13.1. The highest BCUT2D eigenvalue weighted by Crippen LogP contribution is 2.26. The van der Waals surface area contributed by atoms with Gasteiger partial charge in [-0.15, -0.1) is 0 Å². The SMILES string of the molecule is OC1CNCCC1Oc1ccc2c(c1)CCCC2. The van der Waals surface area contributed by atoms with Crippen LogP contribution in [-0.4, -0.2) is 30.4 Å². The van der Waals surface area contributed by atoms with Gasteiger partial charge in [0.15, 0.2) is 0 Å². The number of aliphatic hydroxyl groups is 1. The largest absolute Gasteiger partial charge is 0.488 e. The Morgan fingerprint density at radius 3 is 2.83 bits per heavy atom.